The zero-order valence-corrected chi connectivity index (χ0v) is 18.7. The number of para-hydroxylation sites is 1. The standard InChI is InChI=1S/C27H29FN2O3/c1-29-27(32)25(19-21-11-4-2-5-12-21)30(20-22-13-8-9-16-24(22)28)26(31)17-10-18-33-23-14-6-3-7-15-23/h2-9,11-16,25H,10,17-20H2,1H3,(H,29,32)/t25-/m0/s1. The van der Waals surface area contributed by atoms with E-state index in [2.05, 4.69) is 5.32 Å². The summed E-state index contributed by atoms with van der Waals surface area (Å²) in [5, 5.41) is 2.66. The van der Waals surface area contributed by atoms with Gasteiger partial charge in [0, 0.05) is 32.0 Å². The quantitative estimate of drug-likeness (QED) is 0.443. The molecule has 0 aliphatic carbocycles. The fraction of sp³-hybridized carbons (Fsp3) is 0.259. The molecule has 0 fully saturated rings. The maximum absolute atomic E-state index is 14.4. The van der Waals surface area contributed by atoms with Crippen LogP contribution in [0.15, 0.2) is 84.9 Å². The predicted molar refractivity (Wildman–Crippen MR) is 126 cm³/mol. The van der Waals surface area contributed by atoms with Gasteiger partial charge in [0.1, 0.15) is 17.6 Å². The van der Waals surface area contributed by atoms with Gasteiger partial charge < -0.3 is 15.0 Å². The molecular weight excluding hydrogens is 419 g/mol. The highest BCUT2D eigenvalue weighted by Gasteiger charge is 2.30. The van der Waals surface area contributed by atoms with Crippen LogP contribution in [-0.2, 0) is 22.6 Å². The summed E-state index contributed by atoms with van der Waals surface area (Å²) in [6, 6.07) is 24.4. The molecule has 172 valence electrons. The van der Waals surface area contributed by atoms with E-state index in [0.29, 0.717) is 25.0 Å². The number of carbonyl (C=O) groups excluding carboxylic acids is 2. The molecule has 2 amide bonds. The Kier molecular flexibility index (Phi) is 9.00. The first kappa shape index (κ1) is 24.0. The van der Waals surface area contributed by atoms with Crippen molar-refractivity contribution in [2.24, 2.45) is 0 Å². The van der Waals surface area contributed by atoms with Crippen molar-refractivity contribution in [3.05, 3.63) is 102 Å². The summed E-state index contributed by atoms with van der Waals surface area (Å²) in [4.78, 5) is 27.6. The molecule has 1 atom stereocenters. The molecule has 0 aromatic heterocycles. The van der Waals surface area contributed by atoms with E-state index in [1.54, 1.807) is 25.2 Å². The first-order valence-electron chi connectivity index (χ1n) is 11.0. The Morgan fingerprint density at radius 3 is 2.24 bits per heavy atom. The number of nitrogens with one attached hydrogen (secondary N) is 1. The maximum Gasteiger partial charge on any atom is 0.242 e. The number of likely N-dealkylation sites (N-methyl/N-ethyl adjacent to an activating group) is 1. The van der Waals surface area contributed by atoms with Gasteiger partial charge in [0.2, 0.25) is 11.8 Å². The van der Waals surface area contributed by atoms with Gasteiger partial charge in [-0.1, -0.05) is 66.7 Å². The van der Waals surface area contributed by atoms with Crippen LogP contribution in [0.4, 0.5) is 4.39 Å². The molecule has 0 saturated carbocycles. The van der Waals surface area contributed by atoms with E-state index in [4.69, 9.17) is 4.74 Å². The predicted octanol–water partition coefficient (Wildman–Crippen LogP) is 4.37. The van der Waals surface area contributed by atoms with Crippen LogP contribution in [0.1, 0.15) is 24.0 Å². The van der Waals surface area contributed by atoms with Crippen LogP contribution in [0, 0.1) is 5.82 Å². The van der Waals surface area contributed by atoms with Crippen molar-refractivity contribution in [1.29, 1.82) is 0 Å². The van der Waals surface area contributed by atoms with E-state index in [-0.39, 0.29) is 24.8 Å². The lowest BCUT2D eigenvalue weighted by molar-refractivity contribution is -0.141. The summed E-state index contributed by atoms with van der Waals surface area (Å²) in [6.07, 6.45) is 0.998. The molecule has 3 aromatic carbocycles. The zero-order valence-electron chi connectivity index (χ0n) is 18.7. The number of hydrogen-bond acceptors (Lipinski definition) is 3. The van der Waals surface area contributed by atoms with Gasteiger partial charge in [0.25, 0.3) is 0 Å². The molecule has 0 aliphatic rings. The molecule has 5 nitrogen and oxygen atoms in total. The summed E-state index contributed by atoms with van der Waals surface area (Å²) in [5.41, 5.74) is 1.29. The summed E-state index contributed by atoms with van der Waals surface area (Å²) in [5.74, 6) is -0.179. The van der Waals surface area contributed by atoms with Crippen LogP contribution in [0.2, 0.25) is 0 Å². The fourth-order valence-electron chi connectivity index (χ4n) is 3.60. The third-order valence-corrected chi connectivity index (χ3v) is 5.36. The number of hydrogen-bond donors (Lipinski definition) is 1. The molecule has 0 unspecified atom stereocenters. The monoisotopic (exact) mass is 448 g/mol. The van der Waals surface area contributed by atoms with E-state index in [0.717, 1.165) is 11.3 Å². The maximum atomic E-state index is 14.4. The molecule has 0 radical (unpaired) electrons. The van der Waals surface area contributed by atoms with Gasteiger partial charge in [0.05, 0.1) is 6.61 Å². The number of nitrogens with zero attached hydrogens (tertiary/aromatic N) is 1. The highest BCUT2D eigenvalue weighted by molar-refractivity contribution is 5.87. The van der Waals surface area contributed by atoms with Gasteiger partial charge >= 0.3 is 0 Å². The average molecular weight is 449 g/mol. The Morgan fingerprint density at radius 1 is 0.939 bits per heavy atom. The van der Waals surface area contributed by atoms with Crippen molar-refractivity contribution in [2.75, 3.05) is 13.7 Å². The number of ether oxygens (including phenoxy) is 1. The second kappa shape index (κ2) is 12.4. The van der Waals surface area contributed by atoms with Crippen LogP contribution in [0.3, 0.4) is 0 Å². The summed E-state index contributed by atoms with van der Waals surface area (Å²) < 4.78 is 20.1. The molecule has 0 spiro atoms. The van der Waals surface area contributed by atoms with Crippen LogP contribution < -0.4 is 10.1 Å². The highest BCUT2D eigenvalue weighted by Crippen LogP contribution is 2.18. The molecule has 3 rings (SSSR count). The van der Waals surface area contributed by atoms with Gasteiger partial charge in [-0.3, -0.25) is 9.59 Å². The summed E-state index contributed by atoms with van der Waals surface area (Å²) in [6.45, 7) is 0.378. The van der Waals surface area contributed by atoms with E-state index < -0.39 is 11.9 Å². The van der Waals surface area contributed by atoms with Crippen LogP contribution in [0.5, 0.6) is 5.75 Å². The Morgan fingerprint density at radius 2 is 1.58 bits per heavy atom. The normalized spacial score (nSPS) is 11.5. The SMILES string of the molecule is CNC(=O)[C@H](Cc1ccccc1)N(Cc1ccccc1F)C(=O)CCCOc1ccccc1. The van der Waals surface area contributed by atoms with Crippen LogP contribution in [0.25, 0.3) is 0 Å². The smallest absolute Gasteiger partial charge is 0.242 e. The molecule has 0 aliphatic heterocycles. The topological polar surface area (TPSA) is 58.6 Å². The van der Waals surface area contributed by atoms with E-state index >= 15 is 0 Å². The van der Waals surface area contributed by atoms with Crippen molar-refractivity contribution < 1.29 is 18.7 Å². The van der Waals surface area contributed by atoms with Crippen molar-refractivity contribution in [2.45, 2.75) is 31.8 Å². The minimum Gasteiger partial charge on any atom is -0.494 e. The van der Waals surface area contributed by atoms with Gasteiger partial charge in [-0.25, -0.2) is 4.39 Å². The molecule has 33 heavy (non-hydrogen) atoms. The lowest BCUT2D eigenvalue weighted by atomic mass is 10.0. The summed E-state index contributed by atoms with van der Waals surface area (Å²) >= 11 is 0. The number of rotatable bonds is 11. The second-order valence-electron chi connectivity index (χ2n) is 7.70. The van der Waals surface area contributed by atoms with Gasteiger partial charge in [0.15, 0.2) is 0 Å². The molecule has 0 heterocycles. The molecule has 3 aromatic rings. The number of benzene rings is 3. The van der Waals surface area contributed by atoms with E-state index in [1.165, 1.54) is 11.0 Å². The Bertz CT molecular complexity index is 1030. The molecular formula is C27H29FN2O3. The second-order valence-corrected chi connectivity index (χ2v) is 7.70. The third kappa shape index (κ3) is 7.17. The summed E-state index contributed by atoms with van der Waals surface area (Å²) in [7, 11) is 1.54. The average Bonchev–Trinajstić information content (AvgIpc) is 2.85. The Hall–Kier alpha value is -3.67. The minimum atomic E-state index is -0.764. The van der Waals surface area contributed by atoms with Gasteiger partial charge in [-0.05, 0) is 30.2 Å². The largest absolute Gasteiger partial charge is 0.494 e. The number of amides is 2. The van der Waals surface area contributed by atoms with Gasteiger partial charge in [-0.2, -0.15) is 0 Å². The first-order chi connectivity index (χ1) is 16.1. The lowest BCUT2D eigenvalue weighted by Gasteiger charge is -2.31. The minimum absolute atomic E-state index is 0.00989. The third-order valence-electron chi connectivity index (χ3n) is 5.36. The van der Waals surface area contributed by atoms with Crippen molar-refractivity contribution in [1.82, 2.24) is 10.2 Å². The molecule has 6 heteroatoms. The van der Waals surface area contributed by atoms with Crippen molar-refractivity contribution in [3.63, 3.8) is 0 Å². The van der Waals surface area contributed by atoms with Crippen molar-refractivity contribution in [3.8, 4) is 5.75 Å². The first-order valence-corrected chi connectivity index (χ1v) is 11.0. The Balaban J connectivity index is 1.76. The molecule has 1 N–H and O–H groups in total. The van der Waals surface area contributed by atoms with Crippen LogP contribution in [-0.4, -0.2) is 36.4 Å². The molecule has 0 bridgehead atoms. The molecule has 0 saturated heterocycles. The Labute approximate surface area is 194 Å². The number of halogens is 1. The van der Waals surface area contributed by atoms with Gasteiger partial charge in [-0.15, -0.1) is 0 Å². The lowest BCUT2D eigenvalue weighted by Crippen LogP contribution is -2.49. The van der Waals surface area contributed by atoms with Crippen molar-refractivity contribution >= 4 is 11.8 Å². The van der Waals surface area contributed by atoms with E-state index in [1.807, 2.05) is 60.7 Å². The highest BCUT2D eigenvalue weighted by atomic mass is 19.1. The van der Waals surface area contributed by atoms with Crippen LogP contribution >= 0.6 is 0 Å². The fourth-order valence-corrected chi connectivity index (χ4v) is 3.60. The zero-order chi connectivity index (χ0) is 23.5. The van der Waals surface area contributed by atoms with E-state index in [9.17, 15) is 14.0 Å². The number of carbonyl (C=O) groups is 2.